The van der Waals surface area contributed by atoms with Crippen LogP contribution in [0.1, 0.15) is 31.1 Å². The van der Waals surface area contributed by atoms with Gasteiger partial charge in [0.25, 0.3) is 0 Å². The van der Waals surface area contributed by atoms with Gasteiger partial charge in [0.2, 0.25) is 0 Å². The first-order valence-electron chi connectivity index (χ1n) is 7.30. The van der Waals surface area contributed by atoms with Crippen molar-refractivity contribution in [3.05, 3.63) is 30.1 Å². The van der Waals surface area contributed by atoms with E-state index in [-0.39, 0.29) is 0 Å². The molecule has 2 rings (SSSR count). The number of aromatic nitrogens is 2. The summed E-state index contributed by atoms with van der Waals surface area (Å²) in [7, 11) is 1.34. The van der Waals surface area contributed by atoms with Gasteiger partial charge in [-0.3, -0.25) is 0 Å². The Balaban J connectivity index is 1.99. The minimum Gasteiger partial charge on any atom is -0.465 e. The zero-order valence-corrected chi connectivity index (χ0v) is 13.8. The largest absolute Gasteiger partial charge is 0.465 e. The van der Waals surface area contributed by atoms with Crippen LogP contribution in [0.2, 0.25) is 0 Å². The summed E-state index contributed by atoms with van der Waals surface area (Å²) in [5.41, 5.74) is 1.52. The number of imidazole rings is 1. The highest BCUT2D eigenvalue weighted by Crippen LogP contribution is 2.15. The van der Waals surface area contributed by atoms with Gasteiger partial charge in [-0.05, 0) is 39.0 Å². The minimum atomic E-state index is -0.518. The quantitative estimate of drug-likeness (QED) is 0.875. The van der Waals surface area contributed by atoms with E-state index in [0.29, 0.717) is 24.2 Å². The summed E-state index contributed by atoms with van der Waals surface area (Å²) in [6.45, 7) is 6.41. The molecular formula is C16H21N3O4. The summed E-state index contributed by atoms with van der Waals surface area (Å²) < 4.78 is 11.8. The van der Waals surface area contributed by atoms with Crippen molar-refractivity contribution in [2.45, 2.75) is 32.9 Å². The van der Waals surface area contributed by atoms with Crippen molar-refractivity contribution in [2.24, 2.45) is 0 Å². The number of carbonyl (C=O) groups is 2. The maximum Gasteiger partial charge on any atom is 0.407 e. The predicted octanol–water partition coefficient (Wildman–Crippen LogP) is 2.35. The topological polar surface area (TPSA) is 82.5 Å². The van der Waals surface area contributed by atoms with Crippen molar-refractivity contribution in [2.75, 3.05) is 13.7 Å². The van der Waals surface area contributed by atoms with E-state index >= 15 is 0 Å². The van der Waals surface area contributed by atoms with Gasteiger partial charge >= 0.3 is 12.1 Å². The van der Waals surface area contributed by atoms with Crippen LogP contribution in [0.4, 0.5) is 4.79 Å². The highest BCUT2D eigenvalue weighted by Gasteiger charge is 2.15. The molecule has 1 N–H and O–H groups in total. The molecule has 23 heavy (non-hydrogen) atoms. The second kappa shape index (κ2) is 6.68. The molecule has 0 aliphatic carbocycles. The maximum absolute atomic E-state index is 11.6. The van der Waals surface area contributed by atoms with E-state index in [4.69, 9.17) is 4.74 Å². The van der Waals surface area contributed by atoms with Crippen molar-refractivity contribution in [3.8, 4) is 0 Å². The summed E-state index contributed by atoms with van der Waals surface area (Å²) in [5, 5.41) is 2.70. The molecule has 0 saturated carbocycles. The lowest BCUT2D eigenvalue weighted by Crippen LogP contribution is -2.34. The Bertz CT molecular complexity index is 716. The van der Waals surface area contributed by atoms with Crippen LogP contribution in [0.3, 0.4) is 0 Å². The molecule has 0 unspecified atom stereocenters. The molecular weight excluding hydrogens is 298 g/mol. The lowest BCUT2D eigenvalue weighted by Gasteiger charge is -2.19. The summed E-state index contributed by atoms with van der Waals surface area (Å²) in [4.78, 5) is 27.4. The fraction of sp³-hybridized carbons (Fsp3) is 0.438. The van der Waals surface area contributed by atoms with Crippen molar-refractivity contribution in [1.29, 1.82) is 0 Å². The molecule has 1 amide bonds. The monoisotopic (exact) mass is 319 g/mol. The third kappa shape index (κ3) is 4.45. The Hall–Kier alpha value is -2.57. The normalized spacial score (nSPS) is 11.3. The number of carbonyl (C=O) groups excluding carboxylic acids is 2. The molecule has 1 heterocycles. The van der Waals surface area contributed by atoms with E-state index < -0.39 is 17.7 Å². The van der Waals surface area contributed by atoms with Gasteiger partial charge in [0.1, 0.15) is 5.60 Å². The van der Waals surface area contributed by atoms with E-state index in [1.54, 1.807) is 18.5 Å². The molecule has 0 atom stereocenters. The van der Waals surface area contributed by atoms with Crippen molar-refractivity contribution in [3.63, 3.8) is 0 Å². The molecule has 124 valence electrons. The number of amides is 1. The van der Waals surface area contributed by atoms with Crippen LogP contribution in [0.25, 0.3) is 11.0 Å². The van der Waals surface area contributed by atoms with Crippen molar-refractivity contribution in [1.82, 2.24) is 14.9 Å². The standard InChI is InChI=1S/C16H21N3O4/c1-16(2,3)23-15(21)17-7-8-19-10-18-12-9-11(14(20)22-4)5-6-13(12)19/h5-6,9-10H,7-8H2,1-4H3,(H,17,21). The predicted molar refractivity (Wildman–Crippen MR) is 85.3 cm³/mol. The molecule has 0 aliphatic rings. The Morgan fingerprint density at radius 3 is 2.70 bits per heavy atom. The fourth-order valence-electron chi connectivity index (χ4n) is 2.08. The summed E-state index contributed by atoms with van der Waals surface area (Å²) in [5.74, 6) is -0.395. The molecule has 7 nitrogen and oxygen atoms in total. The summed E-state index contributed by atoms with van der Waals surface area (Å²) in [6, 6.07) is 5.18. The van der Waals surface area contributed by atoms with Gasteiger partial charge in [0.15, 0.2) is 0 Å². The number of hydrogen-bond acceptors (Lipinski definition) is 5. The Labute approximate surface area is 134 Å². The Morgan fingerprint density at radius 2 is 2.04 bits per heavy atom. The number of rotatable bonds is 4. The van der Waals surface area contributed by atoms with Crippen LogP contribution in [0, 0.1) is 0 Å². The molecule has 7 heteroatoms. The average molecular weight is 319 g/mol. The third-order valence-electron chi connectivity index (χ3n) is 3.06. The van der Waals surface area contributed by atoms with Gasteiger partial charge in [0.05, 0.1) is 30.0 Å². The number of nitrogens with one attached hydrogen (secondary N) is 1. The van der Waals surface area contributed by atoms with E-state index in [2.05, 4.69) is 15.0 Å². The lowest BCUT2D eigenvalue weighted by atomic mass is 10.2. The molecule has 0 bridgehead atoms. The number of esters is 1. The van der Waals surface area contributed by atoms with Gasteiger partial charge in [-0.1, -0.05) is 0 Å². The number of alkyl carbamates (subject to hydrolysis) is 1. The zero-order chi connectivity index (χ0) is 17.0. The lowest BCUT2D eigenvalue weighted by molar-refractivity contribution is 0.0525. The third-order valence-corrected chi connectivity index (χ3v) is 3.06. The van der Waals surface area contributed by atoms with Crippen molar-refractivity contribution >= 4 is 23.1 Å². The summed E-state index contributed by atoms with van der Waals surface area (Å²) in [6.07, 6.45) is 1.22. The second-order valence-corrected chi connectivity index (χ2v) is 6.06. The molecule has 1 aromatic carbocycles. The number of hydrogen-bond donors (Lipinski definition) is 1. The molecule has 0 saturated heterocycles. The van der Waals surface area contributed by atoms with Crippen LogP contribution in [-0.4, -0.2) is 40.9 Å². The van der Waals surface area contributed by atoms with Crippen LogP contribution in [0.15, 0.2) is 24.5 Å². The van der Waals surface area contributed by atoms with Crippen LogP contribution in [-0.2, 0) is 16.0 Å². The average Bonchev–Trinajstić information content (AvgIpc) is 2.87. The number of methoxy groups -OCH3 is 1. The Kier molecular flexibility index (Phi) is 4.88. The molecule has 0 aliphatic heterocycles. The first-order valence-corrected chi connectivity index (χ1v) is 7.30. The van der Waals surface area contributed by atoms with E-state index in [9.17, 15) is 9.59 Å². The highest BCUT2D eigenvalue weighted by atomic mass is 16.6. The number of nitrogens with zero attached hydrogens (tertiary/aromatic N) is 2. The zero-order valence-electron chi connectivity index (χ0n) is 13.8. The highest BCUT2D eigenvalue weighted by molar-refractivity contribution is 5.93. The van der Waals surface area contributed by atoms with Gasteiger partial charge in [-0.25, -0.2) is 14.6 Å². The van der Waals surface area contributed by atoms with Crippen LogP contribution in [0.5, 0.6) is 0 Å². The van der Waals surface area contributed by atoms with E-state index in [0.717, 1.165) is 5.52 Å². The second-order valence-electron chi connectivity index (χ2n) is 6.06. The summed E-state index contributed by atoms with van der Waals surface area (Å²) >= 11 is 0. The number of benzene rings is 1. The number of fused-ring (bicyclic) bond motifs is 1. The molecule has 0 radical (unpaired) electrons. The molecule has 2 aromatic rings. The Morgan fingerprint density at radius 1 is 1.30 bits per heavy atom. The molecule has 1 aromatic heterocycles. The SMILES string of the molecule is COC(=O)c1ccc2c(c1)ncn2CCNC(=O)OC(C)(C)C. The van der Waals surface area contributed by atoms with Gasteiger partial charge < -0.3 is 19.4 Å². The van der Waals surface area contributed by atoms with Crippen LogP contribution < -0.4 is 5.32 Å². The molecule has 0 fully saturated rings. The smallest absolute Gasteiger partial charge is 0.407 e. The first kappa shape index (κ1) is 16.8. The maximum atomic E-state index is 11.6. The van der Waals surface area contributed by atoms with Gasteiger partial charge in [0, 0.05) is 13.1 Å². The van der Waals surface area contributed by atoms with Gasteiger partial charge in [-0.2, -0.15) is 0 Å². The number of ether oxygens (including phenoxy) is 2. The van der Waals surface area contributed by atoms with Crippen molar-refractivity contribution < 1.29 is 19.1 Å². The van der Waals surface area contributed by atoms with Crippen LogP contribution >= 0.6 is 0 Å². The minimum absolute atomic E-state index is 0.395. The van der Waals surface area contributed by atoms with Gasteiger partial charge in [-0.15, -0.1) is 0 Å². The van der Waals surface area contributed by atoms with E-state index in [1.165, 1.54) is 7.11 Å². The van der Waals surface area contributed by atoms with E-state index in [1.807, 2.05) is 31.4 Å². The fourth-order valence-corrected chi connectivity index (χ4v) is 2.08. The first-order chi connectivity index (χ1) is 10.8. The molecule has 0 spiro atoms.